The summed E-state index contributed by atoms with van der Waals surface area (Å²) in [5.41, 5.74) is 1.94. The number of piperidine rings is 1. The Labute approximate surface area is 206 Å². The molecule has 7 nitrogen and oxygen atoms in total. The van der Waals surface area contributed by atoms with Crippen molar-refractivity contribution in [2.24, 2.45) is 5.92 Å². The van der Waals surface area contributed by atoms with E-state index < -0.39 is 0 Å². The number of carbonyl (C=O) groups is 2. The molecular formula is C26H32ClN3O4. The van der Waals surface area contributed by atoms with E-state index in [1.165, 1.54) is 5.56 Å². The molecule has 2 amide bonds. The fraction of sp³-hybridized carbons (Fsp3) is 0.462. The Morgan fingerprint density at radius 1 is 1.03 bits per heavy atom. The van der Waals surface area contributed by atoms with Crippen LogP contribution in [-0.4, -0.2) is 73.0 Å². The maximum atomic E-state index is 12.9. The van der Waals surface area contributed by atoms with Gasteiger partial charge in [0, 0.05) is 38.6 Å². The molecule has 1 atom stereocenters. The third kappa shape index (κ3) is 6.72. The zero-order valence-corrected chi connectivity index (χ0v) is 20.1. The van der Waals surface area contributed by atoms with Crippen LogP contribution in [0.3, 0.4) is 0 Å². The van der Waals surface area contributed by atoms with Crippen molar-refractivity contribution in [2.75, 3.05) is 50.6 Å². The van der Waals surface area contributed by atoms with Crippen LogP contribution in [0.15, 0.2) is 54.6 Å². The number of rotatable bonds is 8. The quantitative estimate of drug-likeness (QED) is 0.580. The second kappa shape index (κ2) is 12.2. The van der Waals surface area contributed by atoms with Gasteiger partial charge in [-0.25, -0.2) is 0 Å². The van der Waals surface area contributed by atoms with Gasteiger partial charge in [0.15, 0.2) is 0 Å². The molecule has 2 heterocycles. The number of carbonyl (C=O) groups excluding carboxylic acids is 2. The van der Waals surface area contributed by atoms with Crippen LogP contribution in [0.1, 0.15) is 18.4 Å². The van der Waals surface area contributed by atoms with Gasteiger partial charge in [0.1, 0.15) is 24.3 Å². The average Bonchev–Trinajstić information content (AvgIpc) is 2.88. The lowest BCUT2D eigenvalue weighted by atomic mass is 9.96. The fourth-order valence-corrected chi connectivity index (χ4v) is 4.62. The molecule has 182 valence electrons. The van der Waals surface area contributed by atoms with Gasteiger partial charge in [-0.3, -0.25) is 14.5 Å². The standard InChI is InChI=1S/C26H32ClN3O4/c27-16-25(31)30-12-10-21(11-13-30)26(32)28-23-8-4-5-9-24(23)34-19-22-18-29(14-15-33-22)17-20-6-2-1-3-7-20/h1-9,21-22H,10-19H2,(H,28,32). The third-order valence-corrected chi connectivity index (χ3v) is 6.60. The van der Waals surface area contributed by atoms with Crippen molar-refractivity contribution in [3.05, 3.63) is 60.2 Å². The minimum atomic E-state index is -0.138. The number of hydrogen-bond donors (Lipinski definition) is 1. The number of likely N-dealkylation sites (tertiary alicyclic amines) is 1. The number of anilines is 1. The number of hydrogen-bond acceptors (Lipinski definition) is 5. The van der Waals surface area contributed by atoms with Crippen LogP contribution in [0.25, 0.3) is 0 Å². The summed E-state index contributed by atoms with van der Waals surface area (Å²) in [5, 5.41) is 3.02. The van der Waals surface area contributed by atoms with Crippen molar-refractivity contribution in [1.29, 1.82) is 0 Å². The van der Waals surface area contributed by atoms with Crippen LogP contribution < -0.4 is 10.1 Å². The van der Waals surface area contributed by atoms with Crippen molar-refractivity contribution >= 4 is 29.1 Å². The topological polar surface area (TPSA) is 71.1 Å². The maximum Gasteiger partial charge on any atom is 0.237 e. The molecule has 1 unspecified atom stereocenters. The van der Waals surface area contributed by atoms with Crippen molar-refractivity contribution < 1.29 is 19.1 Å². The van der Waals surface area contributed by atoms with Gasteiger partial charge in [-0.05, 0) is 30.5 Å². The van der Waals surface area contributed by atoms with E-state index in [9.17, 15) is 9.59 Å². The molecule has 2 aliphatic rings. The number of nitrogens with zero attached hydrogens (tertiary/aromatic N) is 2. The van der Waals surface area contributed by atoms with E-state index in [0.717, 1.165) is 19.6 Å². The first-order chi connectivity index (χ1) is 16.6. The molecule has 2 aromatic carbocycles. The highest BCUT2D eigenvalue weighted by Crippen LogP contribution is 2.27. The van der Waals surface area contributed by atoms with Crippen LogP contribution in [0.2, 0.25) is 0 Å². The van der Waals surface area contributed by atoms with Crippen molar-refractivity contribution in [3.63, 3.8) is 0 Å². The summed E-state index contributed by atoms with van der Waals surface area (Å²) in [5.74, 6) is 0.356. The first kappa shape index (κ1) is 24.5. The van der Waals surface area contributed by atoms with Crippen molar-refractivity contribution in [2.45, 2.75) is 25.5 Å². The summed E-state index contributed by atoms with van der Waals surface area (Å²) in [4.78, 5) is 28.7. The van der Waals surface area contributed by atoms with E-state index >= 15 is 0 Å². The lowest BCUT2D eigenvalue weighted by Gasteiger charge is -2.33. The molecule has 0 aromatic heterocycles. The number of para-hydroxylation sites is 2. The number of ether oxygens (including phenoxy) is 2. The van der Waals surface area contributed by atoms with Crippen molar-refractivity contribution in [3.8, 4) is 5.75 Å². The van der Waals surface area contributed by atoms with Crippen LogP contribution >= 0.6 is 11.6 Å². The first-order valence-electron chi connectivity index (χ1n) is 11.9. The highest BCUT2D eigenvalue weighted by atomic mass is 35.5. The van der Waals surface area contributed by atoms with Crippen LogP contribution in [0.4, 0.5) is 5.69 Å². The summed E-state index contributed by atoms with van der Waals surface area (Å²) in [7, 11) is 0. The predicted octanol–water partition coefficient (Wildman–Crippen LogP) is 3.38. The summed E-state index contributed by atoms with van der Waals surface area (Å²) >= 11 is 5.64. The SMILES string of the molecule is O=C(Nc1ccccc1OCC1CN(Cc2ccccc2)CCO1)C1CCN(C(=O)CCl)CC1. The predicted molar refractivity (Wildman–Crippen MR) is 132 cm³/mol. The first-order valence-corrected chi connectivity index (χ1v) is 12.4. The number of amides is 2. The number of benzene rings is 2. The highest BCUT2D eigenvalue weighted by Gasteiger charge is 2.28. The smallest absolute Gasteiger partial charge is 0.237 e. The molecule has 0 radical (unpaired) electrons. The molecule has 8 heteroatoms. The van der Waals surface area contributed by atoms with Gasteiger partial charge in [0.2, 0.25) is 11.8 Å². The van der Waals surface area contributed by atoms with E-state index in [1.807, 2.05) is 30.3 Å². The monoisotopic (exact) mass is 485 g/mol. The van der Waals surface area contributed by atoms with Gasteiger partial charge >= 0.3 is 0 Å². The minimum Gasteiger partial charge on any atom is -0.489 e. The molecule has 2 saturated heterocycles. The van der Waals surface area contributed by atoms with Gasteiger partial charge in [-0.2, -0.15) is 0 Å². The van der Waals surface area contributed by atoms with E-state index in [1.54, 1.807) is 4.90 Å². The molecule has 0 spiro atoms. The fourth-order valence-electron chi connectivity index (χ4n) is 4.46. The van der Waals surface area contributed by atoms with E-state index in [4.69, 9.17) is 21.1 Å². The molecule has 34 heavy (non-hydrogen) atoms. The zero-order chi connectivity index (χ0) is 23.8. The second-order valence-corrected chi connectivity index (χ2v) is 9.07. The normalized spacial score (nSPS) is 19.6. The lowest BCUT2D eigenvalue weighted by Crippen LogP contribution is -2.44. The van der Waals surface area contributed by atoms with Gasteiger partial charge < -0.3 is 19.7 Å². The molecule has 2 fully saturated rings. The average molecular weight is 486 g/mol. The third-order valence-electron chi connectivity index (χ3n) is 6.37. The Bertz CT molecular complexity index is 950. The van der Waals surface area contributed by atoms with E-state index in [2.05, 4.69) is 34.5 Å². The summed E-state index contributed by atoms with van der Waals surface area (Å²) < 4.78 is 12.0. The van der Waals surface area contributed by atoms with Crippen LogP contribution in [0.5, 0.6) is 5.75 Å². The Morgan fingerprint density at radius 3 is 2.53 bits per heavy atom. The second-order valence-electron chi connectivity index (χ2n) is 8.80. The summed E-state index contributed by atoms with van der Waals surface area (Å²) in [6.45, 7) is 4.78. The Morgan fingerprint density at radius 2 is 1.76 bits per heavy atom. The van der Waals surface area contributed by atoms with Gasteiger partial charge in [-0.15, -0.1) is 11.6 Å². The maximum absolute atomic E-state index is 12.9. The van der Waals surface area contributed by atoms with Gasteiger partial charge in [0.05, 0.1) is 12.3 Å². The Hall–Kier alpha value is -2.61. The number of alkyl halides is 1. The molecule has 2 aromatic rings. The molecule has 1 N–H and O–H groups in total. The van der Waals surface area contributed by atoms with Gasteiger partial charge in [-0.1, -0.05) is 42.5 Å². The Balaban J connectivity index is 1.28. The molecule has 0 saturated carbocycles. The molecule has 0 aliphatic carbocycles. The minimum absolute atomic E-state index is 0.0176. The molecule has 2 aliphatic heterocycles. The number of morpholine rings is 1. The summed E-state index contributed by atoms with van der Waals surface area (Å²) in [6.07, 6.45) is 1.22. The van der Waals surface area contributed by atoms with Crippen LogP contribution in [0, 0.1) is 5.92 Å². The van der Waals surface area contributed by atoms with E-state index in [0.29, 0.717) is 50.6 Å². The lowest BCUT2D eigenvalue weighted by molar-refractivity contribution is -0.132. The van der Waals surface area contributed by atoms with Crippen molar-refractivity contribution in [1.82, 2.24) is 9.80 Å². The summed E-state index contributed by atoms with van der Waals surface area (Å²) in [6, 6.07) is 17.9. The molecular weight excluding hydrogens is 454 g/mol. The van der Waals surface area contributed by atoms with Crippen LogP contribution in [-0.2, 0) is 20.9 Å². The van der Waals surface area contributed by atoms with Gasteiger partial charge in [0.25, 0.3) is 0 Å². The number of nitrogens with one attached hydrogen (secondary N) is 1. The molecule has 0 bridgehead atoms. The Kier molecular flexibility index (Phi) is 8.79. The zero-order valence-electron chi connectivity index (χ0n) is 19.3. The molecule has 4 rings (SSSR count). The largest absolute Gasteiger partial charge is 0.489 e. The van der Waals surface area contributed by atoms with E-state index in [-0.39, 0.29) is 29.7 Å². The number of halogens is 1. The highest BCUT2D eigenvalue weighted by molar-refractivity contribution is 6.27.